The van der Waals surface area contributed by atoms with Crippen LogP contribution in [0.2, 0.25) is 5.02 Å². The molecule has 0 N–H and O–H groups in total. The first kappa shape index (κ1) is 19.9. The number of aryl methyl sites for hydroxylation is 2. The van der Waals surface area contributed by atoms with E-state index in [1.54, 1.807) is 24.0 Å². The fourth-order valence-electron chi connectivity index (χ4n) is 2.83. The Morgan fingerprint density at radius 2 is 2.00 bits per heavy atom. The van der Waals surface area contributed by atoms with Crippen molar-refractivity contribution in [1.29, 1.82) is 0 Å². The van der Waals surface area contributed by atoms with Crippen LogP contribution in [0, 0.1) is 13.8 Å². The number of hydrogen-bond donors (Lipinski definition) is 0. The Kier molecular flexibility index (Phi) is 5.63. The van der Waals surface area contributed by atoms with E-state index in [1.807, 2.05) is 36.6 Å². The van der Waals surface area contributed by atoms with Gasteiger partial charge in [0.15, 0.2) is 10.7 Å². The molecule has 0 radical (unpaired) electrons. The van der Waals surface area contributed by atoms with E-state index in [4.69, 9.17) is 16.0 Å². The number of rotatable bonds is 5. The predicted octanol–water partition coefficient (Wildman–Crippen LogP) is 6.53. The second-order valence-electron chi connectivity index (χ2n) is 6.62. The van der Waals surface area contributed by atoms with Crippen molar-refractivity contribution in [2.45, 2.75) is 31.7 Å². The van der Waals surface area contributed by atoms with E-state index in [1.165, 1.54) is 28.7 Å². The van der Waals surface area contributed by atoms with Crippen molar-refractivity contribution in [1.82, 2.24) is 9.97 Å². The lowest BCUT2D eigenvalue weighted by Crippen LogP contribution is -2.22. The van der Waals surface area contributed by atoms with Crippen LogP contribution in [0.5, 0.6) is 0 Å². The van der Waals surface area contributed by atoms with Crippen LogP contribution in [-0.4, -0.2) is 15.9 Å². The highest BCUT2D eigenvalue weighted by Gasteiger charge is 2.19. The third-order valence-electron chi connectivity index (χ3n) is 4.47. The first-order valence-electron chi connectivity index (χ1n) is 8.92. The number of fused-ring (bicyclic) bond motifs is 1. The van der Waals surface area contributed by atoms with Gasteiger partial charge in [-0.2, -0.15) is 0 Å². The number of carbonyl (C=O) groups is 1. The Morgan fingerprint density at radius 3 is 2.76 bits per heavy atom. The molecule has 0 aliphatic carbocycles. The van der Waals surface area contributed by atoms with Gasteiger partial charge in [0.05, 0.1) is 11.4 Å². The van der Waals surface area contributed by atoms with Gasteiger partial charge < -0.3 is 4.42 Å². The average Bonchev–Trinajstić information content (AvgIpc) is 3.29. The number of thioether (sulfide) groups is 1. The summed E-state index contributed by atoms with van der Waals surface area (Å²) in [5.41, 5.74) is 5.45. The average molecular weight is 444 g/mol. The molecule has 0 atom stereocenters. The zero-order chi connectivity index (χ0) is 20.5. The van der Waals surface area contributed by atoms with Gasteiger partial charge >= 0.3 is 0 Å². The molecule has 29 heavy (non-hydrogen) atoms. The number of anilines is 2. The molecule has 0 aliphatic heterocycles. The van der Waals surface area contributed by atoms with Gasteiger partial charge in [-0.25, -0.2) is 9.97 Å². The maximum absolute atomic E-state index is 12.3. The lowest BCUT2D eigenvalue weighted by molar-refractivity contribution is -0.115. The molecule has 4 rings (SSSR count). The van der Waals surface area contributed by atoms with E-state index in [2.05, 4.69) is 16.9 Å². The minimum atomic E-state index is -0.0716. The smallest absolute Gasteiger partial charge is 0.257 e. The largest absolute Gasteiger partial charge is 0.431 e. The van der Waals surface area contributed by atoms with Crippen molar-refractivity contribution < 1.29 is 9.21 Å². The van der Waals surface area contributed by atoms with Crippen LogP contribution < -0.4 is 4.90 Å². The van der Waals surface area contributed by atoms with Crippen LogP contribution in [0.25, 0.3) is 11.1 Å². The maximum Gasteiger partial charge on any atom is 0.257 e. The highest BCUT2D eigenvalue weighted by molar-refractivity contribution is 7.98. The minimum absolute atomic E-state index is 0.0716. The molecule has 0 fully saturated rings. The summed E-state index contributed by atoms with van der Waals surface area (Å²) < 4.78 is 5.74. The summed E-state index contributed by atoms with van der Waals surface area (Å²) in [6.07, 6.45) is 0. The van der Waals surface area contributed by atoms with Crippen molar-refractivity contribution in [3.8, 4) is 0 Å². The predicted molar refractivity (Wildman–Crippen MR) is 119 cm³/mol. The first-order chi connectivity index (χ1) is 13.9. The number of thiazole rings is 1. The Bertz CT molecular complexity index is 1200. The Hall–Kier alpha value is -2.35. The Morgan fingerprint density at radius 1 is 1.17 bits per heavy atom. The van der Waals surface area contributed by atoms with Gasteiger partial charge in [-0.3, -0.25) is 9.69 Å². The lowest BCUT2D eigenvalue weighted by atomic mass is 10.1. The molecule has 0 saturated carbocycles. The Labute approximate surface area is 181 Å². The normalized spacial score (nSPS) is 11.2. The molecule has 0 bridgehead atoms. The molecular weight excluding hydrogens is 426 g/mol. The van der Waals surface area contributed by atoms with Gasteiger partial charge in [-0.05, 0) is 55.3 Å². The first-order valence-corrected chi connectivity index (χ1v) is 11.2. The number of nitrogens with zero attached hydrogens (tertiary/aromatic N) is 3. The van der Waals surface area contributed by atoms with Gasteiger partial charge in [0.25, 0.3) is 5.22 Å². The van der Waals surface area contributed by atoms with E-state index < -0.39 is 0 Å². The number of halogens is 1. The van der Waals surface area contributed by atoms with Crippen molar-refractivity contribution >= 4 is 62.5 Å². The summed E-state index contributed by atoms with van der Waals surface area (Å²) in [7, 11) is 0. The van der Waals surface area contributed by atoms with Crippen LogP contribution in [0.4, 0.5) is 10.8 Å². The monoisotopic (exact) mass is 443 g/mol. The second-order valence-corrected chi connectivity index (χ2v) is 8.82. The maximum atomic E-state index is 12.3. The topological polar surface area (TPSA) is 59.2 Å². The summed E-state index contributed by atoms with van der Waals surface area (Å²) in [4.78, 5) is 23.1. The van der Waals surface area contributed by atoms with Crippen molar-refractivity contribution in [3.63, 3.8) is 0 Å². The highest BCUT2D eigenvalue weighted by atomic mass is 35.5. The summed E-state index contributed by atoms with van der Waals surface area (Å²) in [5, 5.41) is 3.80. The van der Waals surface area contributed by atoms with Gasteiger partial charge in [0.2, 0.25) is 5.91 Å². The number of benzene rings is 2. The van der Waals surface area contributed by atoms with Crippen LogP contribution >= 0.6 is 34.7 Å². The van der Waals surface area contributed by atoms with Crippen LogP contribution in [0.3, 0.4) is 0 Å². The van der Waals surface area contributed by atoms with Gasteiger partial charge in [-0.15, -0.1) is 11.3 Å². The minimum Gasteiger partial charge on any atom is -0.431 e. The van der Waals surface area contributed by atoms with Crippen LogP contribution in [0.15, 0.2) is 51.4 Å². The van der Waals surface area contributed by atoms with E-state index in [0.717, 1.165) is 22.5 Å². The summed E-state index contributed by atoms with van der Waals surface area (Å²) in [5.74, 6) is 0.521. The van der Waals surface area contributed by atoms with Gasteiger partial charge in [-0.1, -0.05) is 29.4 Å². The van der Waals surface area contributed by atoms with Gasteiger partial charge in [0.1, 0.15) is 5.52 Å². The molecule has 0 aliphatic rings. The zero-order valence-corrected chi connectivity index (χ0v) is 18.5. The second kappa shape index (κ2) is 8.18. The molecule has 2 heterocycles. The van der Waals surface area contributed by atoms with Crippen molar-refractivity contribution in [2.24, 2.45) is 0 Å². The highest BCUT2D eigenvalue weighted by Crippen LogP contribution is 2.33. The van der Waals surface area contributed by atoms with E-state index >= 15 is 0 Å². The number of hydrogen-bond acceptors (Lipinski definition) is 6. The molecule has 0 saturated heterocycles. The molecule has 8 heteroatoms. The van der Waals surface area contributed by atoms with Crippen molar-refractivity contribution in [2.75, 3.05) is 4.90 Å². The van der Waals surface area contributed by atoms with Crippen LogP contribution in [-0.2, 0) is 10.5 Å². The molecular formula is C21H18ClN3O2S2. The van der Waals surface area contributed by atoms with Crippen molar-refractivity contribution in [3.05, 3.63) is 63.6 Å². The third-order valence-corrected chi connectivity index (χ3v) is 6.44. The zero-order valence-electron chi connectivity index (χ0n) is 16.1. The van der Waals surface area contributed by atoms with E-state index in [0.29, 0.717) is 26.7 Å². The molecule has 0 spiro atoms. The lowest BCUT2D eigenvalue weighted by Gasteiger charge is -2.19. The Balaban J connectivity index is 1.52. The van der Waals surface area contributed by atoms with E-state index in [-0.39, 0.29) is 5.91 Å². The quantitative estimate of drug-likeness (QED) is 0.328. The molecule has 148 valence electrons. The van der Waals surface area contributed by atoms with Crippen LogP contribution in [0.1, 0.15) is 23.7 Å². The van der Waals surface area contributed by atoms with Gasteiger partial charge in [0, 0.05) is 23.1 Å². The molecule has 2 aromatic carbocycles. The molecule has 5 nitrogen and oxygen atoms in total. The fourth-order valence-corrected chi connectivity index (χ4v) is 4.72. The number of oxazole rings is 1. The third kappa shape index (κ3) is 4.32. The number of aromatic nitrogens is 2. The number of amides is 1. The fraction of sp³-hybridized carbons (Fsp3) is 0.190. The molecule has 1 amide bonds. The molecule has 0 unspecified atom stereocenters. The van der Waals surface area contributed by atoms with E-state index in [9.17, 15) is 4.79 Å². The molecule has 2 aromatic heterocycles. The summed E-state index contributed by atoms with van der Waals surface area (Å²) >= 11 is 8.90. The molecule has 4 aromatic rings. The SMILES string of the molecule is CC(=O)N(c1ccc(C)c(C)c1)c1nc(CSc2nc3cc(Cl)ccc3o2)cs1. The summed E-state index contributed by atoms with van der Waals surface area (Å²) in [6.45, 7) is 5.64. The summed E-state index contributed by atoms with van der Waals surface area (Å²) in [6, 6.07) is 11.3. The standard InChI is InChI=1S/C21H18ClN3O2S2/c1-12-4-6-17(8-13(12)2)25(14(3)26)20-23-16(10-28-20)11-29-21-24-18-9-15(22)5-7-19(18)27-21/h4-10H,11H2,1-3H3. The number of carbonyl (C=O) groups excluding carboxylic acids is 1.